The van der Waals surface area contributed by atoms with Gasteiger partial charge in [-0.2, -0.15) is 0 Å². The highest BCUT2D eigenvalue weighted by atomic mass is 35.5. The number of amides is 1. The van der Waals surface area contributed by atoms with Gasteiger partial charge >= 0.3 is 0 Å². The molecule has 1 amide bonds. The van der Waals surface area contributed by atoms with Gasteiger partial charge in [0.05, 0.1) is 17.5 Å². The molecule has 0 unspecified atom stereocenters. The number of benzene rings is 2. The average molecular weight is 445 g/mol. The van der Waals surface area contributed by atoms with E-state index in [1.807, 2.05) is 0 Å². The summed E-state index contributed by atoms with van der Waals surface area (Å²) in [6.45, 7) is 2.46. The van der Waals surface area contributed by atoms with Crippen LogP contribution in [0.25, 0.3) is 5.69 Å². The van der Waals surface area contributed by atoms with Gasteiger partial charge in [-0.25, -0.2) is 9.07 Å². The molecule has 0 aliphatic carbocycles. The van der Waals surface area contributed by atoms with E-state index in [2.05, 4.69) is 10.3 Å². The summed E-state index contributed by atoms with van der Waals surface area (Å²) in [4.78, 5) is 14.7. The topological polar surface area (TPSA) is 80.5 Å². The fraction of sp³-hybridized carbons (Fsp3) is 0.318. The van der Waals surface area contributed by atoms with Crippen LogP contribution in [0.2, 0.25) is 5.02 Å². The predicted molar refractivity (Wildman–Crippen MR) is 113 cm³/mol. The molecule has 2 atom stereocenters. The Bertz CT molecular complexity index is 1070. The molecule has 3 aromatic rings. The lowest BCUT2D eigenvalue weighted by Gasteiger charge is -2.22. The van der Waals surface area contributed by atoms with Gasteiger partial charge in [-0.3, -0.25) is 4.79 Å². The number of halogens is 2. The van der Waals surface area contributed by atoms with Crippen molar-refractivity contribution >= 4 is 17.5 Å². The summed E-state index contributed by atoms with van der Waals surface area (Å²) in [6.07, 6.45) is -0.746. The van der Waals surface area contributed by atoms with Gasteiger partial charge in [0.1, 0.15) is 6.10 Å². The lowest BCUT2D eigenvalue weighted by Crippen LogP contribution is -2.33. The van der Waals surface area contributed by atoms with Crippen LogP contribution >= 0.6 is 11.6 Å². The molecule has 2 heterocycles. The van der Waals surface area contributed by atoms with Crippen molar-refractivity contribution in [2.75, 3.05) is 13.1 Å². The molecule has 1 fully saturated rings. The van der Waals surface area contributed by atoms with Crippen LogP contribution in [-0.2, 0) is 0 Å². The summed E-state index contributed by atoms with van der Waals surface area (Å²) >= 11 is 5.94. The van der Waals surface area contributed by atoms with Crippen LogP contribution in [0.1, 0.15) is 29.0 Å². The maximum Gasteiger partial charge on any atom is 0.276 e. The maximum atomic E-state index is 13.9. The molecule has 0 bridgehead atoms. The molecule has 0 spiro atoms. The van der Waals surface area contributed by atoms with E-state index in [4.69, 9.17) is 16.3 Å². The molecule has 1 aliphatic rings. The van der Waals surface area contributed by atoms with Crippen molar-refractivity contribution in [1.29, 1.82) is 0 Å². The van der Waals surface area contributed by atoms with Crippen molar-refractivity contribution in [2.24, 2.45) is 0 Å². The Kier molecular flexibility index (Phi) is 6.20. The third-order valence-corrected chi connectivity index (χ3v) is 5.63. The molecular weight excluding hydrogens is 423 g/mol. The smallest absolute Gasteiger partial charge is 0.276 e. The highest BCUT2D eigenvalue weighted by molar-refractivity contribution is 6.30. The minimum absolute atomic E-state index is 0.0908. The van der Waals surface area contributed by atoms with Crippen molar-refractivity contribution < 1.29 is 19.0 Å². The number of ether oxygens (including phenoxy) is 1. The van der Waals surface area contributed by atoms with Crippen LogP contribution in [0.4, 0.5) is 4.39 Å². The van der Waals surface area contributed by atoms with Gasteiger partial charge in [-0.05, 0) is 49.7 Å². The van der Waals surface area contributed by atoms with E-state index >= 15 is 0 Å². The lowest BCUT2D eigenvalue weighted by atomic mass is 10.1. The third kappa shape index (κ3) is 4.55. The molecule has 1 saturated heterocycles. The van der Waals surface area contributed by atoms with E-state index in [9.17, 15) is 14.3 Å². The second-order valence-electron chi connectivity index (χ2n) is 7.44. The first-order valence-electron chi connectivity index (χ1n) is 10.0. The van der Waals surface area contributed by atoms with E-state index < -0.39 is 18.0 Å². The van der Waals surface area contributed by atoms with Crippen molar-refractivity contribution in [2.45, 2.75) is 32.0 Å². The van der Waals surface area contributed by atoms with Crippen LogP contribution < -0.4 is 4.74 Å². The van der Waals surface area contributed by atoms with E-state index in [0.717, 1.165) is 5.69 Å². The summed E-state index contributed by atoms with van der Waals surface area (Å²) in [5.74, 6) is -0.661. The predicted octanol–water partition coefficient (Wildman–Crippen LogP) is 3.41. The van der Waals surface area contributed by atoms with Crippen LogP contribution in [0.5, 0.6) is 5.75 Å². The standard InChI is InChI=1S/C22H22ClFN4O3/c1-14-21(25-26-28(14)16-8-6-15(23)7-9-16)22(30)27-12-10-18(29)20(11-13-27)31-19-5-3-2-4-17(19)24/h2-9,18,20,29H,10-13H2,1H3/t18-,20-/m0/s1. The molecular formula is C22H22ClFN4O3. The molecule has 0 radical (unpaired) electrons. The van der Waals surface area contributed by atoms with Crippen molar-refractivity contribution in [1.82, 2.24) is 19.9 Å². The fourth-order valence-corrected chi connectivity index (χ4v) is 3.74. The number of aromatic nitrogens is 3. The Morgan fingerprint density at radius 3 is 2.61 bits per heavy atom. The van der Waals surface area contributed by atoms with E-state index in [1.165, 1.54) is 12.1 Å². The first-order chi connectivity index (χ1) is 14.9. The molecule has 1 N–H and O–H groups in total. The normalized spacial score (nSPS) is 19.2. The lowest BCUT2D eigenvalue weighted by molar-refractivity contribution is 0.0328. The maximum absolute atomic E-state index is 13.9. The number of likely N-dealkylation sites (tertiary alicyclic amines) is 1. The zero-order valence-corrected chi connectivity index (χ0v) is 17.7. The van der Waals surface area contributed by atoms with Gasteiger partial charge in [0.25, 0.3) is 5.91 Å². The number of hydrogen-bond acceptors (Lipinski definition) is 5. The van der Waals surface area contributed by atoms with Crippen LogP contribution in [-0.4, -0.2) is 56.2 Å². The minimum Gasteiger partial charge on any atom is -0.485 e. The molecule has 7 nitrogen and oxygen atoms in total. The Balaban J connectivity index is 1.47. The van der Waals surface area contributed by atoms with E-state index in [0.29, 0.717) is 36.6 Å². The first-order valence-corrected chi connectivity index (χ1v) is 10.4. The van der Waals surface area contributed by atoms with Gasteiger partial charge < -0.3 is 14.7 Å². The van der Waals surface area contributed by atoms with Gasteiger partial charge in [-0.15, -0.1) is 5.10 Å². The number of carbonyl (C=O) groups excluding carboxylic acids is 1. The van der Waals surface area contributed by atoms with Crippen molar-refractivity contribution in [3.8, 4) is 11.4 Å². The number of carbonyl (C=O) groups is 1. The quantitative estimate of drug-likeness (QED) is 0.667. The first kappa shape index (κ1) is 21.3. The number of hydrogen-bond donors (Lipinski definition) is 1. The average Bonchev–Trinajstić information content (AvgIpc) is 3.05. The summed E-state index contributed by atoms with van der Waals surface area (Å²) < 4.78 is 21.2. The summed E-state index contributed by atoms with van der Waals surface area (Å²) in [5, 5.41) is 19.3. The Morgan fingerprint density at radius 2 is 1.87 bits per heavy atom. The zero-order chi connectivity index (χ0) is 22.0. The Labute approximate surface area is 184 Å². The van der Waals surface area contributed by atoms with Crippen molar-refractivity contribution in [3.63, 3.8) is 0 Å². The molecule has 162 valence electrons. The Hall–Kier alpha value is -2.97. The SMILES string of the molecule is Cc1c(C(=O)N2CC[C@H](Oc3ccccc3F)[C@@H](O)CC2)nnn1-c1ccc(Cl)cc1. The van der Waals surface area contributed by atoms with Crippen LogP contribution in [0.15, 0.2) is 48.5 Å². The second kappa shape index (κ2) is 9.03. The van der Waals surface area contributed by atoms with Gasteiger partial charge in [-0.1, -0.05) is 28.9 Å². The third-order valence-electron chi connectivity index (χ3n) is 5.38. The molecule has 4 rings (SSSR count). The molecule has 2 aromatic carbocycles. The molecule has 0 saturated carbocycles. The number of para-hydroxylation sites is 1. The summed E-state index contributed by atoms with van der Waals surface area (Å²) in [7, 11) is 0. The minimum atomic E-state index is -0.816. The van der Waals surface area contributed by atoms with Gasteiger partial charge in [0.15, 0.2) is 17.3 Å². The largest absolute Gasteiger partial charge is 0.485 e. The number of nitrogens with zero attached hydrogens (tertiary/aromatic N) is 4. The molecule has 1 aromatic heterocycles. The zero-order valence-electron chi connectivity index (χ0n) is 16.9. The van der Waals surface area contributed by atoms with E-state index in [1.54, 1.807) is 52.9 Å². The van der Waals surface area contributed by atoms with Gasteiger partial charge in [0, 0.05) is 24.5 Å². The van der Waals surface area contributed by atoms with Gasteiger partial charge in [0.2, 0.25) is 0 Å². The summed E-state index contributed by atoms with van der Waals surface area (Å²) in [5.41, 5.74) is 1.60. The van der Waals surface area contributed by atoms with E-state index in [-0.39, 0.29) is 17.4 Å². The second-order valence-corrected chi connectivity index (χ2v) is 7.87. The number of aliphatic hydroxyl groups excluding tert-OH is 1. The van der Waals surface area contributed by atoms with Crippen molar-refractivity contribution in [3.05, 3.63) is 70.8 Å². The van der Waals surface area contributed by atoms with Crippen LogP contribution in [0, 0.1) is 12.7 Å². The number of aliphatic hydroxyl groups is 1. The Morgan fingerprint density at radius 1 is 1.16 bits per heavy atom. The number of rotatable bonds is 4. The molecule has 1 aliphatic heterocycles. The van der Waals surface area contributed by atoms with Crippen LogP contribution in [0.3, 0.4) is 0 Å². The highest BCUT2D eigenvalue weighted by Gasteiger charge is 2.31. The highest BCUT2D eigenvalue weighted by Crippen LogP contribution is 2.23. The summed E-state index contributed by atoms with van der Waals surface area (Å²) in [6, 6.07) is 13.2. The fourth-order valence-electron chi connectivity index (χ4n) is 3.61. The molecule has 31 heavy (non-hydrogen) atoms. The molecule has 9 heteroatoms. The monoisotopic (exact) mass is 444 g/mol.